The summed E-state index contributed by atoms with van der Waals surface area (Å²) in [7, 11) is 0. The third-order valence-corrected chi connectivity index (χ3v) is 3.63. The van der Waals surface area contributed by atoms with Crippen LogP contribution in [0.3, 0.4) is 0 Å². The van der Waals surface area contributed by atoms with Crippen LogP contribution in [-0.4, -0.2) is 17.2 Å². The Morgan fingerprint density at radius 1 is 1.35 bits per heavy atom. The number of hydrogen-bond donors (Lipinski definition) is 1. The lowest BCUT2D eigenvalue weighted by Crippen LogP contribution is -2.22. The van der Waals surface area contributed by atoms with Crippen molar-refractivity contribution < 1.29 is 14.3 Å². The molecule has 94 valence electrons. The van der Waals surface area contributed by atoms with Crippen molar-refractivity contribution >= 4 is 17.5 Å². The average molecular weight is 257 g/mol. The van der Waals surface area contributed by atoms with Crippen LogP contribution in [0.5, 0.6) is 5.06 Å². The fraction of sp³-hybridized carbons (Fsp3) is 0.636. The van der Waals surface area contributed by atoms with E-state index in [0.29, 0.717) is 5.69 Å². The number of rotatable bonds is 2. The van der Waals surface area contributed by atoms with E-state index in [1.54, 1.807) is 6.92 Å². The molecule has 0 radical (unpaired) electrons. The van der Waals surface area contributed by atoms with Gasteiger partial charge in [-0.3, -0.25) is 4.79 Å². The van der Waals surface area contributed by atoms with E-state index >= 15 is 0 Å². The summed E-state index contributed by atoms with van der Waals surface area (Å²) >= 11 is 0.871. The van der Waals surface area contributed by atoms with Crippen LogP contribution >= 0.6 is 11.3 Å². The lowest BCUT2D eigenvalue weighted by molar-refractivity contribution is 0.0423. The molecule has 2 rings (SSSR count). The summed E-state index contributed by atoms with van der Waals surface area (Å²) in [5, 5.41) is 0.288. The topological polar surface area (TPSA) is 68.4 Å². The van der Waals surface area contributed by atoms with Crippen LogP contribution in [0.1, 0.15) is 37.8 Å². The molecule has 0 aliphatic heterocycles. The van der Waals surface area contributed by atoms with Gasteiger partial charge in [0.25, 0.3) is 0 Å². The van der Waals surface area contributed by atoms with Gasteiger partial charge in [0, 0.05) is 0 Å². The largest absolute Gasteiger partial charge is 0.514 e. The highest BCUT2D eigenvalue weighted by molar-refractivity contribution is 7.11. The van der Waals surface area contributed by atoms with E-state index < -0.39 is 6.16 Å². The summed E-state index contributed by atoms with van der Waals surface area (Å²) in [5.74, 6) is 0. The van der Waals surface area contributed by atoms with Gasteiger partial charge in [-0.2, -0.15) is 0 Å². The van der Waals surface area contributed by atoms with Crippen LogP contribution in [-0.2, 0) is 4.74 Å². The number of H-pyrrole nitrogens is 1. The maximum absolute atomic E-state index is 11.5. The quantitative estimate of drug-likeness (QED) is 0.827. The molecule has 1 fully saturated rings. The summed E-state index contributed by atoms with van der Waals surface area (Å²) in [6.45, 7) is 1.68. The molecule has 6 heteroatoms. The summed E-state index contributed by atoms with van der Waals surface area (Å²) in [6, 6.07) is 0. The number of thiazole rings is 1. The van der Waals surface area contributed by atoms with E-state index in [-0.39, 0.29) is 16.0 Å². The van der Waals surface area contributed by atoms with Crippen LogP contribution < -0.4 is 9.61 Å². The second-order valence-corrected chi connectivity index (χ2v) is 5.10. The van der Waals surface area contributed by atoms with Crippen molar-refractivity contribution in [2.24, 2.45) is 0 Å². The van der Waals surface area contributed by atoms with Crippen molar-refractivity contribution in [3.63, 3.8) is 0 Å². The summed E-state index contributed by atoms with van der Waals surface area (Å²) < 4.78 is 10.2. The van der Waals surface area contributed by atoms with Crippen molar-refractivity contribution in [1.82, 2.24) is 4.98 Å². The minimum atomic E-state index is -0.713. The van der Waals surface area contributed by atoms with Crippen molar-refractivity contribution in [3.05, 3.63) is 15.4 Å². The smallest absolute Gasteiger partial charge is 0.431 e. The van der Waals surface area contributed by atoms with E-state index in [1.165, 1.54) is 6.42 Å². The number of aryl methyl sites for hydroxylation is 1. The predicted octanol–water partition coefficient (Wildman–Crippen LogP) is 2.59. The van der Waals surface area contributed by atoms with Gasteiger partial charge in [-0.15, -0.1) is 0 Å². The molecule has 0 bridgehead atoms. The standard InChI is InChI=1S/C11H15NO4S/c1-7-9(17-10(13)12-7)16-11(14)15-8-5-3-2-4-6-8/h8H,2-6H2,1H3,(H,12,13). The van der Waals surface area contributed by atoms with E-state index in [9.17, 15) is 9.59 Å². The maximum atomic E-state index is 11.5. The summed E-state index contributed by atoms with van der Waals surface area (Å²) in [4.78, 5) is 24.8. The van der Waals surface area contributed by atoms with Gasteiger partial charge in [0.1, 0.15) is 6.10 Å². The molecular weight excluding hydrogens is 242 g/mol. The Morgan fingerprint density at radius 3 is 2.65 bits per heavy atom. The molecule has 17 heavy (non-hydrogen) atoms. The first-order valence-corrected chi connectivity index (χ1v) is 6.55. The Bertz CT molecular complexity index is 445. The number of ether oxygens (including phenoxy) is 2. The van der Waals surface area contributed by atoms with Gasteiger partial charge in [0.2, 0.25) is 5.06 Å². The molecule has 0 amide bonds. The van der Waals surface area contributed by atoms with E-state index in [1.807, 2.05) is 0 Å². The number of aromatic nitrogens is 1. The third kappa shape index (κ3) is 3.33. The molecule has 1 aromatic heterocycles. The molecule has 0 unspecified atom stereocenters. The zero-order valence-corrected chi connectivity index (χ0v) is 10.5. The summed E-state index contributed by atoms with van der Waals surface area (Å²) in [5.41, 5.74) is 0.556. The van der Waals surface area contributed by atoms with Crippen molar-refractivity contribution in [2.45, 2.75) is 45.1 Å². The van der Waals surface area contributed by atoms with E-state index in [2.05, 4.69) is 4.98 Å². The Morgan fingerprint density at radius 2 is 2.06 bits per heavy atom. The molecule has 1 aromatic rings. The third-order valence-electron chi connectivity index (χ3n) is 2.77. The average Bonchev–Trinajstić information content (AvgIpc) is 2.58. The lowest BCUT2D eigenvalue weighted by atomic mass is 9.98. The first-order valence-electron chi connectivity index (χ1n) is 5.73. The van der Waals surface area contributed by atoms with Gasteiger partial charge in [0.05, 0.1) is 5.69 Å². The number of hydrogen-bond acceptors (Lipinski definition) is 5. The molecule has 0 spiro atoms. The molecule has 5 nitrogen and oxygen atoms in total. The lowest BCUT2D eigenvalue weighted by Gasteiger charge is -2.20. The van der Waals surface area contributed by atoms with Crippen molar-refractivity contribution in [1.29, 1.82) is 0 Å². The highest BCUT2D eigenvalue weighted by atomic mass is 32.1. The van der Waals surface area contributed by atoms with Gasteiger partial charge in [-0.05, 0) is 43.9 Å². The van der Waals surface area contributed by atoms with Gasteiger partial charge in [-0.25, -0.2) is 4.79 Å². The molecule has 1 heterocycles. The number of carbonyl (C=O) groups is 1. The highest BCUT2D eigenvalue weighted by Gasteiger charge is 2.20. The minimum Gasteiger partial charge on any atom is -0.431 e. The number of aromatic amines is 1. The second-order valence-electron chi connectivity index (χ2n) is 4.16. The Balaban J connectivity index is 1.88. The Labute approximate surface area is 103 Å². The van der Waals surface area contributed by atoms with Gasteiger partial charge in [0.15, 0.2) is 0 Å². The molecule has 1 saturated carbocycles. The molecular formula is C11H15NO4S. The Hall–Kier alpha value is -1.30. The fourth-order valence-corrected chi connectivity index (χ4v) is 2.59. The number of carbonyl (C=O) groups excluding carboxylic acids is 1. The second kappa shape index (κ2) is 5.35. The molecule has 0 saturated heterocycles. The molecule has 1 N–H and O–H groups in total. The maximum Gasteiger partial charge on any atom is 0.514 e. The van der Waals surface area contributed by atoms with E-state index in [4.69, 9.17) is 9.47 Å². The normalized spacial score (nSPS) is 16.8. The molecule has 0 aromatic carbocycles. The summed E-state index contributed by atoms with van der Waals surface area (Å²) in [6.07, 6.45) is 4.44. The molecule has 0 atom stereocenters. The van der Waals surface area contributed by atoms with E-state index in [0.717, 1.165) is 37.0 Å². The van der Waals surface area contributed by atoms with Crippen LogP contribution in [0.2, 0.25) is 0 Å². The van der Waals surface area contributed by atoms with Crippen LogP contribution in [0, 0.1) is 6.92 Å². The fourth-order valence-electron chi connectivity index (χ4n) is 1.91. The number of nitrogens with one attached hydrogen (secondary N) is 1. The van der Waals surface area contributed by atoms with Gasteiger partial charge in [-0.1, -0.05) is 6.42 Å². The van der Waals surface area contributed by atoms with Crippen molar-refractivity contribution in [3.8, 4) is 5.06 Å². The van der Waals surface area contributed by atoms with Crippen molar-refractivity contribution in [2.75, 3.05) is 0 Å². The monoisotopic (exact) mass is 257 g/mol. The van der Waals surface area contributed by atoms with Crippen LogP contribution in [0.15, 0.2) is 4.79 Å². The minimum absolute atomic E-state index is 0.0350. The van der Waals surface area contributed by atoms with Gasteiger partial charge < -0.3 is 14.5 Å². The zero-order chi connectivity index (χ0) is 12.3. The molecule has 1 aliphatic rings. The Kier molecular flexibility index (Phi) is 3.83. The first-order chi connectivity index (χ1) is 8.15. The first kappa shape index (κ1) is 12.2. The highest BCUT2D eigenvalue weighted by Crippen LogP contribution is 2.23. The van der Waals surface area contributed by atoms with Crippen LogP contribution in [0.4, 0.5) is 4.79 Å². The SMILES string of the molecule is Cc1[nH]c(=O)sc1OC(=O)OC1CCCCC1. The van der Waals surface area contributed by atoms with Gasteiger partial charge >= 0.3 is 11.0 Å². The zero-order valence-electron chi connectivity index (χ0n) is 9.65. The molecule has 1 aliphatic carbocycles. The van der Waals surface area contributed by atoms with Crippen LogP contribution in [0.25, 0.3) is 0 Å². The predicted molar refractivity (Wildman–Crippen MR) is 63.7 cm³/mol.